The van der Waals surface area contributed by atoms with E-state index < -0.39 is 8.24 Å². The van der Waals surface area contributed by atoms with Gasteiger partial charge in [0.2, 0.25) is 0 Å². The number of hydrogen-bond donors (Lipinski definition) is 0. The van der Waals surface area contributed by atoms with Crippen molar-refractivity contribution < 1.29 is 13.3 Å². The minimum atomic E-state index is -2.30. The first kappa shape index (κ1) is 17.4. The molecule has 3 nitrogen and oxygen atoms in total. The summed E-state index contributed by atoms with van der Waals surface area (Å²) in [6, 6.07) is 20.9. The fraction of sp³-hybridized carbons (Fsp3) is 0.167. The second-order valence-electron chi connectivity index (χ2n) is 7.04. The van der Waals surface area contributed by atoms with Gasteiger partial charge in [-0.25, -0.2) is 0 Å². The molecule has 0 amide bonds. The zero-order valence-corrected chi connectivity index (χ0v) is 16.8. The lowest BCUT2D eigenvalue weighted by Crippen LogP contribution is -1.88. The maximum Gasteiger partial charge on any atom is 0.144 e. The SMILES string of the molecule is CCc1cc2ccccc2c2c1op([O-])oc1c(CC)cc3ccccc3c12. The Morgan fingerprint density at radius 2 is 1.14 bits per heavy atom. The zero-order valence-electron chi connectivity index (χ0n) is 15.9. The molecule has 0 spiro atoms. The van der Waals surface area contributed by atoms with Crippen LogP contribution >= 0.6 is 8.24 Å². The molecule has 140 valence electrons. The van der Waals surface area contributed by atoms with E-state index in [1.165, 1.54) is 0 Å². The van der Waals surface area contributed by atoms with Gasteiger partial charge in [0, 0.05) is 10.8 Å². The monoisotopic (exact) mass is 387 g/mol. The molecular weight excluding hydrogens is 367 g/mol. The molecular formula is C24H20O3P-. The second-order valence-corrected chi connectivity index (χ2v) is 7.85. The molecule has 0 radical (unpaired) electrons. The molecule has 0 aliphatic heterocycles. The van der Waals surface area contributed by atoms with E-state index in [1.54, 1.807) is 0 Å². The summed E-state index contributed by atoms with van der Waals surface area (Å²) in [7, 11) is -2.30. The first-order valence-electron chi connectivity index (χ1n) is 9.64. The third-order valence-corrected chi connectivity index (χ3v) is 6.16. The molecule has 0 atom stereocenters. The van der Waals surface area contributed by atoms with Crippen LogP contribution < -0.4 is 4.89 Å². The Balaban J connectivity index is 2.25. The lowest BCUT2D eigenvalue weighted by atomic mass is 9.94. The minimum Gasteiger partial charge on any atom is -0.751 e. The smallest absolute Gasteiger partial charge is 0.144 e. The van der Waals surface area contributed by atoms with Gasteiger partial charge in [-0.05, 0) is 57.6 Å². The van der Waals surface area contributed by atoms with Gasteiger partial charge in [-0.15, -0.1) is 0 Å². The van der Waals surface area contributed by atoms with E-state index in [4.69, 9.17) is 8.39 Å². The average molecular weight is 387 g/mol. The van der Waals surface area contributed by atoms with Crippen LogP contribution in [0.25, 0.3) is 43.5 Å². The first-order chi connectivity index (χ1) is 13.7. The van der Waals surface area contributed by atoms with Gasteiger partial charge in [0.1, 0.15) is 19.4 Å². The molecule has 28 heavy (non-hydrogen) atoms. The van der Waals surface area contributed by atoms with Crippen molar-refractivity contribution in [3.8, 4) is 0 Å². The van der Waals surface area contributed by atoms with Crippen molar-refractivity contribution in [2.75, 3.05) is 0 Å². The van der Waals surface area contributed by atoms with E-state index >= 15 is 0 Å². The van der Waals surface area contributed by atoms with Crippen LogP contribution in [-0.4, -0.2) is 0 Å². The fourth-order valence-corrected chi connectivity index (χ4v) is 4.92. The van der Waals surface area contributed by atoms with Gasteiger partial charge < -0.3 is 13.3 Å². The van der Waals surface area contributed by atoms with Crippen molar-refractivity contribution in [3.05, 3.63) is 71.8 Å². The second kappa shape index (κ2) is 6.70. The van der Waals surface area contributed by atoms with Gasteiger partial charge in [0.05, 0.1) is 0 Å². The van der Waals surface area contributed by atoms with Crippen molar-refractivity contribution in [1.82, 2.24) is 0 Å². The highest BCUT2D eigenvalue weighted by Crippen LogP contribution is 2.41. The highest BCUT2D eigenvalue weighted by atomic mass is 31.1. The number of benzene rings is 4. The molecule has 0 aliphatic rings. The number of rotatable bonds is 2. The van der Waals surface area contributed by atoms with Crippen molar-refractivity contribution >= 4 is 51.7 Å². The molecule has 0 saturated carbocycles. The van der Waals surface area contributed by atoms with Gasteiger partial charge in [0.15, 0.2) is 0 Å². The van der Waals surface area contributed by atoms with E-state index in [0.717, 1.165) is 56.3 Å². The molecule has 4 heteroatoms. The summed E-state index contributed by atoms with van der Waals surface area (Å²) >= 11 is 0. The summed E-state index contributed by atoms with van der Waals surface area (Å²) in [4.78, 5) is 12.7. The quantitative estimate of drug-likeness (QED) is 0.333. The molecule has 1 heterocycles. The number of aryl methyl sites for hydroxylation is 2. The molecule has 5 rings (SSSR count). The van der Waals surface area contributed by atoms with Gasteiger partial charge in [0.25, 0.3) is 0 Å². The highest BCUT2D eigenvalue weighted by molar-refractivity contribution is 7.28. The van der Waals surface area contributed by atoms with E-state index in [-0.39, 0.29) is 0 Å². The Bertz CT molecular complexity index is 1290. The summed E-state index contributed by atoms with van der Waals surface area (Å²) in [6.45, 7) is 4.18. The zero-order chi connectivity index (χ0) is 19.3. The third-order valence-electron chi connectivity index (χ3n) is 5.50. The molecule has 0 aliphatic carbocycles. The summed E-state index contributed by atoms with van der Waals surface area (Å²) in [5.41, 5.74) is 3.44. The molecule has 0 unspecified atom stereocenters. The Morgan fingerprint density at radius 3 is 1.57 bits per heavy atom. The lowest BCUT2D eigenvalue weighted by Gasteiger charge is -2.10. The maximum absolute atomic E-state index is 12.7. The summed E-state index contributed by atoms with van der Waals surface area (Å²) in [5.74, 6) is 0. The minimum absolute atomic E-state index is 0.680. The van der Waals surface area contributed by atoms with Gasteiger partial charge in [-0.3, -0.25) is 0 Å². The Morgan fingerprint density at radius 1 is 0.714 bits per heavy atom. The van der Waals surface area contributed by atoms with E-state index in [1.807, 2.05) is 24.3 Å². The molecule has 0 saturated heterocycles. The Labute approximate surface area is 163 Å². The number of hydrogen-bond acceptors (Lipinski definition) is 3. The standard InChI is InChI=1S/C24H20O3P/c1-3-15-13-17-9-5-7-11-19(17)21-22-20-12-8-6-10-18(20)14-16(4-2)24(22)27-28(25)26-23(15)21/h5-14H,3-4H2,1-2H3/q-1. The summed E-state index contributed by atoms with van der Waals surface area (Å²) in [5, 5.41) is 6.44. The van der Waals surface area contributed by atoms with E-state index in [2.05, 4.69) is 50.2 Å². The Hall–Kier alpha value is -2.74. The molecule has 0 bridgehead atoms. The van der Waals surface area contributed by atoms with E-state index in [0.29, 0.717) is 11.2 Å². The molecule has 0 fully saturated rings. The summed E-state index contributed by atoms with van der Waals surface area (Å²) < 4.78 is 11.8. The van der Waals surface area contributed by atoms with Crippen LogP contribution in [0.4, 0.5) is 0 Å². The topological polar surface area (TPSA) is 49.3 Å². The van der Waals surface area contributed by atoms with E-state index in [9.17, 15) is 4.89 Å². The van der Waals surface area contributed by atoms with Crippen LogP contribution in [0.2, 0.25) is 0 Å². The van der Waals surface area contributed by atoms with Crippen LogP contribution in [-0.2, 0) is 12.8 Å². The predicted molar refractivity (Wildman–Crippen MR) is 115 cm³/mol. The van der Waals surface area contributed by atoms with Crippen molar-refractivity contribution in [2.45, 2.75) is 26.7 Å². The molecule has 5 aromatic rings. The van der Waals surface area contributed by atoms with Crippen LogP contribution in [0.1, 0.15) is 25.0 Å². The van der Waals surface area contributed by atoms with Crippen LogP contribution in [0.3, 0.4) is 0 Å². The van der Waals surface area contributed by atoms with Crippen molar-refractivity contribution in [2.24, 2.45) is 0 Å². The van der Waals surface area contributed by atoms with Crippen LogP contribution in [0.15, 0.2) is 69.1 Å². The summed E-state index contributed by atoms with van der Waals surface area (Å²) in [6.07, 6.45) is 1.58. The van der Waals surface area contributed by atoms with Crippen molar-refractivity contribution in [1.29, 1.82) is 0 Å². The van der Waals surface area contributed by atoms with Crippen LogP contribution in [0, 0.1) is 0 Å². The third kappa shape index (κ3) is 2.55. The lowest BCUT2D eigenvalue weighted by molar-refractivity contribution is -0.170. The fourth-order valence-electron chi connectivity index (χ4n) is 4.17. The van der Waals surface area contributed by atoms with Gasteiger partial charge >= 0.3 is 0 Å². The van der Waals surface area contributed by atoms with Crippen molar-refractivity contribution in [3.63, 3.8) is 0 Å². The van der Waals surface area contributed by atoms with Crippen LogP contribution in [0.5, 0.6) is 0 Å². The number of fused-ring (bicyclic) bond motifs is 7. The van der Waals surface area contributed by atoms with Gasteiger partial charge in [-0.1, -0.05) is 62.4 Å². The maximum atomic E-state index is 12.7. The largest absolute Gasteiger partial charge is 0.751 e. The molecule has 4 aromatic carbocycles. The normalized spacial score (nSPS) is 11.7. The average Bonchev–Trinajstić information content (AvgIpc) is 2.88. The highest BCUT2D eigenvalue weighted by Gasteiger charge is 2.16. The first-order valence-corrected chi connectivity index (χ1v) is 10.7. The molecule has 0 N–H and O–H groups in total. The molecule has 1 aromatic heterocycles. The predicted octanol–water partition coefficient (Wildman–Crippen LogP) is 6.84. The Kier molecular flexibility index (Phi) is 4.16. The van der Waals surface area contributed by atoms with Gasteiger partial charge in [-0.2, -0.15) is 0 Å².